The van der Waals surface area contributed by atoms with E-state index >= 15 is 0 Å². The summed E-state index contributed by atoms with van der Waals surface area (Å²) in [6, 6.07) is 11.8. The van der Waals surface area contributed by atoms with Crippen molar-refractivity contribution in [3.05, 3.63) is 59.4 Å². The SMILES string of the molecule is Cc1cc(C)cc(OCC(=O)NNC(=O)CSc2ccccc2F)c1. The Kier molecular flexibility index (Phi) is 6.82. The number of thioether (sulfide) groups is 1. The summed E-state index contributed by atoms with van der Waals surface area (Å²) < 4.78 is 18.8. The van der Waals surface area contributed by atoms with E-state index in [1.54, 1.807) is 18.2 Å². The monoisotopic (exact) mass is 362 g/mol. The molecule has 2 rings (SSSR count). The number of halogens is 1. The molecular weight excluding hydrogens is 343 g/mol. The van der Waals surface area contributed by atoms with Gasteiger partial charge in [-0.05, 0) is 49.2 Å². The highest BCUT2D eigenvalue weighted by Gasteiger charge is 2.08. The van der Waals surface area contributed by atoms with E-state index < -0.39 is 11.8 Å². The van der Waals surface area contributed by atoms with Crippen LogP contribution in [-0.2, 0) is 9.59 Å². The van der Waals surface area contributed by atoms with Crippen molar-refractivity contribution < 1.29 is 18.7 Å². The molecule has 7 heteroatoms. The maximum atomic E-state index is 13.4. The molecule has 2 aromatic carbocycles. The molecule has 2 amide bonds. The summed E-state index contributed by atoms with van der Waals surface area (Å²) in [6.07, 6.45) is 0. The number of hydrogen-bond acceptors (Lipinski definition) is 4. The Bertz CT molecular complexity index is 747. The number of benzene rings is 2. The van der Waals surface area contributed by atoms with E-state index in [1.165, 1.54) is 6.07 Å². The predicted octanol–water partition coefficient (Wildman–Crippen LogP) is 2.76. The molecule has 0 radical (unpaired) electrons. The molecule has 0 spiro atoms. The van der Waals surface area contributed by atoms with Gasteiger partial charge in [0, 0.05) is 4.90 Å². The molecule has 5 nitrogen and oxygen atoms in total. The lowest BCUT2D eigenvalue weighted by atomic mass is 10.1. The summed E-state index contributed by atoms with van der Waals surface area (Å²) in [4.78, 5) is 23.8. The van der Waals surface area contributed by atoms with E-state index in [2.05, 4.69) is 10.9 Å². The molecular formula is C18H19FN2O3S. The first-order valence-corrected chi connectivity index (χ1v) is 8.58. The van der Waals surface area contributed by atoms with Gasteiger partial charge in [-0.25, -0.2) is 4.39 Å². The van der Waals surface area contributed by atoms with Crippen LogP contribution in [0.2, 0.25) is 0 Å². The number of ether oxygens (including phenoxy) is 1. The van der Waals surface area contributed by atoms with Gasteiger partial charge in [-0.3, -0.25) is 20.4 Å². The molecule has 0 heterocycles. The smallest absolute Gasteiger partial charge is 0.276 e. The van der Waals surface area contributed by atoms with Gasteiger partial charge in [0.05, 0.1) is 5.75 Å². The van der Waals surface area contributed by atoms with Gasteiger partial charge in [-0.15, -0.1) is 11.8 Å². The summed E-state index contributed by atoms with van der Waals surface area (Å²) in [7, 11) is 0. The van der Waals surface area contributed by atoms with Crippen LogP contribution in [-0.4, -0.2) is 24.2 Å². The van der Waals surface area contributed by atoms with Crippen LogP contribution in [0.3, 0.4) is 0 Å². The Hall–Kier alpha value is -2.54. The van der Waals surface area contributed by atoms with Gasteiger partial charge < -0.3 is 4.74 Å². The minimum Gasteiger partial charge on any atom is -0.484 e. The fourth-order valence-corrected chi connectivity index (χ4v) is 2.82. The van der Waals surface area contributed by atoms with E-state index in [0.717, 1.165) is 22.9 Å². The lowest BCUT2D eigenvalue weighted by Crippen LogP contribution is -2.44. The number of hydrazine groups is 1. The van der Waals surface area contributed by atoms with Crippen LogP contribution in [0, 0.1) is 19.7 Å². The zero-order valence-electron chi connectivity index (χ0n) is 14.0. The van der Waals surface area contributed by atoms with Crippen molar-refractivity contribution in [1.29, 1.82) is 0 Å². The molecule has 2 aromatic rings. The fraction of sp³-hybridized carbons (Fsp3) is 0.222. The average molecular weight is 362 g/mol. The largest absolute Gasteiger partial charge is 0.484 e. The Labute approximate surface area is 149 Å². The molecule has 2 N–H and O–H groups in total. The van der Waals surface area contributed by atoms with Crippen molar-refractivity contribution in [3.63, 3.8) is 0 Å². The van der Waals surface area contributed by atoms with Gasteiger partial charge in [0.2, 0.25) is 5.91 Å². The van der Waals surface area contributed by atoms with Crippen molar-refractivity contribution in [1.82, 2.24) is 10.9 Å². The second-order valence-corrected chi connectivity index (χ2v) is 6.44. The van der Waals surface area contributed by atoms with Gasteiger partial charge >= 0.3 is 0 Å². The van der Waals surface area contributed by atoms with Crippen molar-refractivity contribution in [2.75, 3.05) is 12.4 Å². The number of carbonyl (C=O) groups is 2. The Morgan fingerprint density at radius 2 is 1.68 bits per heavy atom. The third kappa shape index (κ3) is 6.46. The number of carbonyl (C=O) groups excluding carboxylic acids is 2. The van der Waals surface area contributed by atoms with Crippen molar-refractivity contribution in [3.8, 4) is 5.75 Å². The number of rotatable bonds is 6. The Morgan fingerprint density at radius 1 is 1.04 bits per heavy atom. The van der Waals surface area contributed by atoms with Gasteiger partial charge in [-0.1, -0.05) is 18.2 Å². The lowest BCUT2D eigenvalue weighted by Gasteiger charge is -2.10. The molecule has 0 unspecified atom stereocenters. The molecule has 0 atom stereocenters. The van der Waals surface area contributed by atoms with Crippen molar-refractivity contribution in [2.24, 2.45) is 0 Å². The molecule has 25 heavy (non-hydrogen) atoms. The maximum Gasteiger partial charge on any atom is 0.276 e. The molecule has 0 fully saturated rings. The normalized spacial score (nSPS) is 10.2. The molecule has 0 aromatic heterocycles. The lowest BCUT2D eigenvalue weighted by molar-refractivity contribution is -0.128. The van der Waals surface area contributed by atoms with Crippen LogP contribution in [0.4, 0.5) is 4.39 Å². The van der Waals surface area contributed by atoms with Gasteiger partial charge in [0.15, 0.2) is 6.61 Å². The Morgan fingerprint density at radius 3 is 2.36 bits per heavy atom. The third-order valence-electron chi connectivity index (χ3n) is 3.10. The summed E-state index contributed by atoms with van der Waals surface area (Å²) in [5.41, 5.74) is 6.60. The molecule has 0 bridgehead atoms. The summed E-state index contributed by atoms with van der Waals surface area (Å²) in [6.45, 7) is 3.66. The zero-order valence-corrected chi connectivity index (χ0v) is 14.8. The highest BCUT2D eigenvalue weighted by molar-refractivity contribution is 8.00. The Balaban J connectivity index is 1.70. The van der Waals surface area contributed by atoms with Crippen LogP contribution in [0.1, 0.15) is 11.1 Å². The zero-order chi connectivity index (χ0) is 18.2. The minimum absolute atomic E-state index is 0.0147. The van der Waals surface area contributed by atoms with Gasteiger partial charge in [0.25, 0.3) is 5.91 Å². The molecule has 0 aliphatic heterocycles. The van der Waals surface area contributed by atoms with Crippen LogP contribution in [0.15, 0.2) is 47.4 Å². The van der Waals surface area contributed by atoms with Crippen LogP contribution >= 0.6 is 11.8 Å². The number of hydrogen-bond donors (Lipinski definition) is 2. The maximum absolute atomic E-state index is 13.4. The summed E-state index contributed by atoms with van der Waals surface area (Å²) in [5.74, 6) is -0.726. The number of nitrogens with one attached hydrogen (secondary N) is 2. The van der Waals surface area contributed by atoms with Crippen LogP contribution < -0.4 is 15.6 Å². The standard InChI is InChI=1S/C18H19FN2O3S/c1-12-7-13(2)9-14(8-12)24-10-17(22)20-21-18(23)11-25-16-6-4-3-5-15(16)19/h3-9H,10-11H2,1-2H3,(H,20,22)(H,21,23). The second kappa shape index (κ2) is 9.08. The topological polar surface area (TPSA) is 67.4 Å². The van der Waals surface area contributed by atoms with Crippen molar-refractivity contribution >= 4 is 23.6 Å². The van der Waals surface area contributed by atoms with Crippen LogP contribution in [0.25, 0.3) is 0 Å². The molecule has 0 aliphatic carbocycles. The number of aryl methyl sites for hydroxylation is 2. The number of amides is 2. The summed E-state index contributed by atoms with van der Waals surface area (Å²) in [5, 5.41) is 0. The molecule has 0 saturated heterocycles. The molecule has 0 saturated carbocycles. The average Bonchev–Trinajstić information content (AvgIpc) is 2.56. The van der Waals surface area contributed by atoms with E-state index in [0.29, 0.717) is 10.6 Å². The van der Waals surface area contributed by atoms with E-state index in [4.69, 9.17) is 4.74 Å². The van der Waals surface area contributed by atoms with Gasteiger partial charge in [-0.2, -0.15) is 0 Å². The fourth-order valence-electron chi connectivity index (χ4n) is 2.08. The van der Waals surface area contributed by atoms with Crippen LogP contribution in [0.5, 0.6) is 5.75 Å². The second-order valence-electron chi connectivity index (χ2n) is 5.43. The first kappa shape index (κ1) is 18.8. The summed E-state index contributed by atoms with van der Waals surface area (Å²) >= 11 is 1.05. The van der Waals surface area contributed by atoms with E-state index in [9.17, 15) is 14.0 Å². The molecule has 132 valence electrons. The predicted molar refractivity (Wildman–Crippen MR) is 94.8 cm³/mol. The quantitative estimate of drug-likeness (QED) is 0.613. The minimum atomic E-state index is -0.483. The van der Waals surface area contributed by atoms with E-state index in [1.807, 2.05) is 32.0 Å². The molecule has 0 aliphatic rings. The first-order chi connectivity index (χ1) is 11.9. The first-order valence-electron chi connectivity index (χ1n) is 7.60. The highest BCUT2D eigenvalue weighted by atomic mass is 32.2. The van der Waals surface area contributed by atoms with Crippen molar-refractivity contribution in [2.45, 2.75) is 18.7 Å². The third-order valence-corrected chi connectivity index (χ3v) is 4.15. The van der Waals surface area contributed by atoms with Gasteiger partial charge in [0.1, 0.15) is 11.6 Å². The van der Waals surface area contributed by atoms with E-state index in [-0.39, 0.29) is 18.2 Å². The highest BCUT2D eigenvalue weighted by Crippen LogP contribution is 2.20.